The van der Waals surface area contributed by atoms with Gasteiger partial charge in [-0.1, -0.05) is 36.4 Å². The lowest BCUT2D eigenvalue weighted by Gasteiger charge is -2.23. The van der Waals surface area contributed by atoms with Crippen LogP contribution in [0.15, 0.2) is 42.6 Å². The number of pyridine rings is 1. The first kappa shape index (κ1) is 14.3. The molecule has 0 aliphatic heterocycles. The highest BCUT2D eigenvalue weighted by atomic mass is 19.3. The molecule has 3 aromatic rings. The Morgan fingerprint density at radius 3 is 2.17 bits per heavy atom. The van der Waals surface area contributed by atoms with Crippen molar-refractivity contribution in [2.45, 2.75) is 17.8 Å². The van der Waals surface area contributed by atoms with Gasteiger partial charge in [0.15, 0.2) is 0 Å². The fourth-order valence-corrected chi connectivity index (χ4v) is 3.03. The highest BCUT2D eigenvalue weighted by Crippen LogP contribution is 2.64. The third-order valence-electron chi connectivity index (χ3n) is 4.20. The second-order valence-corrected chi connectivity index (χ2v) is 5.45. The topological polar surface area (TPSA) is 12.9 Å². The maximum absolute atomic E-state index is 14.1. The lowest BCUT2D eigenvalue weighted by Crippen LogP contribution is -2.43. The quantitative estimate of drug-likeness (QED) is 0.407. The summed E-state index contributed by atoms with van der Waals surface area (Å²) in [5, 5.41) is 0.692. The largest absolute Gasteiger partial charge is 0.380 e. The number of aromatic nitrogens is 1. The van der Waals surface area contributed by atoms with Crippen molar-refractivity contribution in [3.8, 4) is 0 Å². The van der Waals surface area contributed by atoms with Crippen molar-refractivity contribution in [3.63, 3.8) is 0 Å². The van der Waals surface area contributed by atoms with Crippen molar-refractivity contribution in [1.29, 1.82) is 0 Å². The molecule has 0 saturated carbocycles. The Morgan fingerprint density at radius 2 is 1.43 bits per heavy atom. The fourth-order valence-electron chi connectivity index (χ4n) is 3.03. The minimum atomic E-state index is -5.50. The summed E-state index contributed by atoms with van der Waals surface area (Å²) in [6, 6.07) is 9.14. The molecular formula is C16H7F6N. The van der Waals surface area contributed by atoms with Crippen molar-refractivity contribution in [2.24, 2.45) is 0 Å². The SMILES string of the molecule is FC1(F)c2cnc3c(ccc4ccccc43)c2C(F)(F)C1(F)F. The van der Waals surface area contributed by atoms with Crippen molar-refractivity contribution >= 4 is 21.7 Å². The molecule has 2 aromatic carbocycles. The Labute approximate surface area is 125 Å². The van der Waals surface area contributed by atoms with E-state index in [1.807, 2.05) is 0 Å². The van der Waals surface area contributed by atoms with Crippen LogP contribution in [0.4, 0.5) is 26.3 Å². The summed E-state index contributed by atoms with van der Waals surface area (Å²) in [4.78, 5) is 3.76. The predicted molar refractivity (Wildman–Crippen MR) is 72.0 cm³/mol. The van der Waals surface area contributed by atoms with E-state index < -0.39 is 28.9 Å². The first-order valence-electron chi connectivity index (χ1n) is 6.64. The van der Waals surface area contributed by atoms with Crippen molar-refractivity contribution in [3.05, 3.63) is 53.7 Å². The van der Waals surface area contributed by atoms with Crippen molar-refractivity contribution < 1.29 is 26.3 Å². The minimum Gasteiger partial charge on any atom is -0.255 e. The van der Waals surface area contributed by atoms with Gasteiger partial charge in [0.2, 0.25) is 0 Å². The van der Waals surface area contributed by atoms with E-state index in [9.17, 15) is 26.3 Å². The normalized spacial score (nSPS) is 20.8. The van der Waals surface area contributed by atoms with Crippen LogP contribution in [0.1, 0.15) is 11.1 Å². The Kier molecular flexibility index (Phi) is 2.46. The Hall–Kier alpha value is -2.31. The number of rotatable bonds is 0. The van der Waals surface area contributed by atoms with Gasteiger partial charge in [-0.25, -0.2) is 0 Å². The third kappa shape index (κ3) is 1.47. The zero-order chi connectivity index (χ0) is 16.6. The van der Waals surface area contributed by atoms with Crippen LogP contribution in [-0.2, 0) is 11.8 Å². The molecule has 0 saturated heterocycles. The lowest BCUT2D eigenvalue weighted by atomic mass is 9.99. The zero-order valence-electron chi connectivity index (χ0n) is 11.3. The number of hydrogen-bond donors (Lipinski definition) is 0. The zero-order valence-corrected chi connectivity index (χ0v) is 11.3. The maximum atomic E-state index is 14.1. The van der Waals surface area contributed by atoms with Gasteiger partial charge in [-0.3, -0.25) is 4.98 Å². The van der Waals surface area contributed by atoms with E-state index in [4.69, 9.17) is 0 Å². The van der Waals surface area contributed by atoms with Gasteiger partial charge in [0, 0.05) is 22.5 Å². The standard InChI is InChI=1S/C16H7F6N/c17-14(18)11-7-23-13-9-4-2-1-3-8(9)5-6-10(13)12(11)15(19,20)16(14,21)22/h1-7H. The number of hydrogen-bond acceptors (Lipinski definition) is 1. The molecule has 0 spiro atoms. The molecule has 4 rings (SSSR count). The second kappa shape index (κ2) is 3.96. The van der Waals surface area contributed by atoms with Crippen LogP contribution in [0.5, 0.6) is 0 Å². The lowest BCUT2D eigenvalue weighted by molar-refractivity contribution is -0.302. The van der Waals surface area contributed by atoms with E-state index in [2.05, 4.69) is 4.98 Å². The molecule has 1 nitrogen and oxygen atoms in total. The summed E-state index contributed by atoms with van der Waals surface area (Å²) in [5.74, 6) is -15.4. The molecule has 0 unspecified atom stereocenters. The Morgan fingerprint density at radius 1 is 0.739 bits per heavy atom. The average molecular weight is 327 g/mol. The third-order valence-corrected chi connectivity index (χ3v) is 4.20. The average Bonchev–Trinajstić information content (AvgIpc) is 2.62. The first-order chi connectivity index (χ1) is 10.7. The second-order valence-electron chi connectivity index (χ2n) is 5.45. The van der Waals surface area contributed by atoms with Gasteiger partial charge in [0.05, 0.1) is 11.1 Å². The highest BCUT2D eigenvalue weighted by molar-refractivity contribution is 6.06. The summed E-state index contributed by atoms with van der Waals surface area (Å²) < 4.78 is 82.9. The first-order valence-corrected chi connectivity index (χ1v) is 6.64. The van der Waals surface area contributed by atoms with Crippen LogP contribution in [0.2, 0.25) is 0 Å². The number of benzene rings is 2. The molecule has 0 atom stereocenters. The van der Waals surface area contributed by atoms with E-state index in [0.29, 0.717) is 17.0 Å². The summed E-state index contributed by atoms with van der Waals surface area (Å²) >= 11 is 0. The molecule has 23 heavy (non-hydrogen) atoms. The number of alkyl halides is 6. The predicted octanol–water partition coefficient (Wildman–Crippen LogP) is 5.22. The smallest absolute Gasteiger partial charge is 0.255 e. The molecule has 0 N–H and O–H groups in total. The minimum absolute atomic E-state index is 0.00461. The molecule has 1 aromatic heterocycles. The number of halogens is 6. The molecular weight excluding hydrogens is 320 g/mol. The van der Waals surface area contributed by atoms with Crippen LogP contribution in [0.3, 0.4) is 0 Å². The molecule has 1 aliphatic rings. The summed E-state index contributed by atoms with van der Waals surface area (Å²) in [6.07, 6.45) is 0.429. The van der Waals surface area contributed by atoms with Gasteiger partial charge >= 0.3 is 17.8 Å². The van der Waals surface area contributed by atoms with Gasteiger partial charge in [0.1, 0.15) is 0 Å². The maximum Gasteiger partial charge on any atom is 0.380 e. The summed E-state index contributed by atoms with van der Waals surface area (Å²) in [6.45, 7) is 0. The highest BCUT2D eigenvalue weighted by Gasteiger charge is 2.79. The number of fused-ring (bicyclic) bond motifs is 5. The van der Waals surface area contributed by atoms with Crippen LogP contribution < -0.4 is 0 Å². The Balaban J connectivity index is 2.20. The molecule has 0 bridgehead atoms. The molecule has 118 valence electrons. The van der Waals surface area contributed by atoms with E-state index in [1.54, 1.807) is 24.3 Å². The van der Waals surface area contributed by atoms with Gasteiger partial charge in [-0.05, 0) is 5.39 Å². The van der Waals surface area contributed by atoms with E-state index in [-0.39, 0.29) is 10.9 Å². The molecule has 0 radical (unpaired) electrons. The van der Waals surface area contributed by atoms with Gasteiger partial charge in [0.25, 0.3) is 0 Å². The van der Waals surface area contributed by atoms with Crippen LogP contribution in [-0.4, -0.2) is 10.9 Å². The molecule has 7 heteroatoms. The molecule has 1 heterocycles. The molecule has 0 amide bonds. The fraction of sp³-hybridized carbons (Fsp3) is 0.188. The van der Waals surface area contributed by atoms with E-state index in [0.717, 1.165) is 6.07 Å². The molecule has 1 aliphatic carbocycles. The van der Waals surface area contributed by atoms with Crippen molar-refractivity contribution in [1.82, 2.24) is 4.98 Å². The van der Waals surface area contributed by atoms with E-state index >= 15 is 0 Å². The van der Waals surface area contributed by atoms with Gasteiger partial charge in [-0.15, -0.1) is 0 Å². The van der Waals surface area contributed by atoms with E-state index in [1.165, 1.54) is 6.07 Å². The van der Waals surface area contributed by atoms with Crippen LogP contribution in [0.25, 0.3) is 21.7 Å². The summed E-state index contributed by atoms with van der Waals surface area (Å²) in [5.41, 5.74) is -2.77. The van der Waals surface area contributed by atoms with Crippen LogP contribution >= 0.6 is 0 Å². The monoisotopic (exact) mass is 327 g/mol. The Bertz CT molecular complexity index is 963. The van der Waals surface area contributed by atoms with Gasteiger partial charge < -0.3 is 0 Å². The summed E-state index contributed by atoms with van der Waals surface area (Å²) in [7, 11) is 0. The van der Waals surface area contributed by atoms with Crippen LogP contribution in [0, 0.1) is 0 Å². The number of nitrogens with zero attached hydrogens (tertiary/aromatic N) is 1. The van der Waals surface area contributed by atoms with Gasteiger partial charge in [-0.2, -0.15) is 26.3 Å². The molecule has 0 fully saturated rings. The van der Waals surface area contributed by atoms with Crippen molar-refractivity contribution in [2.75, 3.05) is 0 Å².